The number of hydrogen-bond acceptors (Lipinski definition) is 11. The number of benzene rings is 2. The number of aliphatic carboxylic acids is 1. The summed E-state index contributed by atoms with van der Waals surface area (Å²) >= 11 is 0. The molecule has 200 valence electrons. The summed E-state index contributed by atoms with van der Waals surface area (Å²) in [6, 6.07) is 9.11. The standard InChI is InChI=1S/C25H28O12/c1-32-16-10-14(11-17(33-2)23(16)34-3)24(31)35-12-18-20(28)21(29)22(30)25(37-18)36-15-7-5-4-6-13(15)8-9-19(26)27/h4-11,18,20-22,25,28-30H,12H2,1-3H3,(H,26,27). The highest BCUT2D eigenvalue weighted by Gasteiger charge is 2.45. The maximum atomic E-state index is 12.7. The molecule has 1 heterocycles. The number of ether oxygens (including phenoxy) is 6. The summed E-state index contributed by atoms with van der Waals surface area (Å²) in [5, 5.41) is 40.0. The Morgan fingerprint density at radius 3 is 2.16 bits per heavy atom. The van der Waals surface area contributed by atoms with Crippen LogP contribution in [-0.2, 0) is 14.3 Å². The fraction of sp³-hybridized carbons (Fsp3) is 0.360. The minimum Gasteiger partial charge on any atom is -0.493 e. The molecule has 0 aliphatic carbocycles. The van der Waals surface area contributed by atoms with E-state index >= 15 is 0 Å². The average molecular weight is 520 g/mol. The number of carbonyl (C=O) groups excluding carboxylic acids is 1. The third kappa shape index (κ3) is 6.49. The van der Waals surface area contributed by atoms with Gasteiger partial charge in [0.1, 0.15) is 36.8 Å². The Kier molecular flexibility index (Phi) is 9.31. The molecule has 0 radical (unpaired) electrons. The number of hydrogen-bond donors (Lipinski definition) is 4. The highest BCUT2D eigenvalue weighted by atomic mass is 16.7. The molecule has 5 unspecified atom stereocenters. The number of aliphatic hydroxyl groups is 3. The Morgan fingerprint density at radius 1 is 0.919 bits per heavy atom. The van der Waals surface area contributed by atoms with E-state index in [1.807, 2.05) is 0 Å². The van der Waals surface area contributed by atoms with Crippen molar-refractivity contribution in [2.75, 3.05) is 27.9 Å². The molecule has 2 aromatic rings. The summed E-state index contributed by atoms with van der Waals surface area (Å²) in [6.45, 7) is -0.499. The number of carboxylic acid groups (broad SMARTS) is 1. The van der Waals surface area contributed by atoms with Crippen LogP contribution in [-0.4, -0.2) is 91.0 Å². The van der Waals surface area contributed by atoms with E-state index in [4.69, 9.17) is 33.5 Å². The van der Waals surface area contributed by atoms with E-state index in [1.54, 1.807) is 18.2 Å². The molecule has 1 fully saturated rings. The quantitative estimate of drug-likeness (QED) is 0.258. The van der Waals surface area contributed by atoms with Crippen molar-refractivity contribution in [1.82, 2.24) is 0 Å². The Bertz CT molecular complexity index is 1110. The second-order valence-corrected chi connectivity index (χ2v) is 7.85. The second kappa shape index (κ2) is 12.4. The van der Waals surface area contributed by atoms with E-state index in [9.17, 15) is 24.9 Å². The number of aliphatic hydroxyl groups excluding tert-OH is 3. The first-order valence-corrected chi connectivity index (χ1v) is 11.0. The normalized spacial score (nSPS) is 23.4. The van der Waals surface area contributed by atoms with Crippen molar-refractivity contribution in [2.24, 2.45) is 0 Å². The Morgan fingerprint density at radius 2 is 1.57 bits per heavy atom. The summed E-state index contributed by atoms with van der Waals surface area (Å²) in [6.07, 6.45) is -5.50. The number of esters is 1. The van der Waals surface area contributed by atoms with Crippen molar-refractivity contribution >= 4 is 18.0 Å². The average Bonchev–Trinajstić information content (AvgIpc) is 2.90. The molecule has 2 aromatic carbocycles. The van der Waals surface area contributed by atoms with Gasteiger partial charge in [-0.2, -0.15) is 0 Å². The molecular formula is C25H28O12. The van der Waals surface area contributed by atoms with Crippen molar-refractivity contribution in [1.29, 1.82) is 0 Å². The van der Waals surface area contributed by atoms with Gasteiger partial charge in [0.15, 0.2) is 11.5 Å². The van der Waals surface area contributed by atoms with E-state index in [2.05, 4.69) is 0 Å². The molecule has 0 saturated carbocycles. The Hall–Kier alpha value is -3.84. The third-order valence-electron chi connectivity index (χ3n) is 5.52. The van der Waals surface area contributed by atoms with Gasteiger partial charge in [-0.05, 0) is 24.3 Å². The zero-order chi connectivity index (χ0) is 27.1. The van der Waals surface area contributed by atoms with Gasteiger partial charge < -0.3 is 48.8 Å². The molecule has 0 amide bonds. The molecule has 0 spiro atoms. The van der Waals surface area contributed by atoms with Gasteiger partial charge in [0.05, 0.1) is 26.9 Å². The van der Waals surface area contributed by atoms with E-state index in [0.29, 0.717) is 5.56 Å². The molecule has 12 nitrogen and oxygen atoms in total. The van der Waals surface area contributed by atoms with Gasteiger partial charge in [0.25, 0.3) is 0 Å². The van der Waals surface area contributed by atoms with Gasteiger partial charge in [-0.15, -0.1) is 0 Å². The van der Waals surface area contributed by atoms with Gasteiger partial charge in [0.2, 0.25) is 12.0 Å². The molecule has 1 saturated heterocycles. The topological polar surface area (TPSA) is 170 Å². The van der Waals surface area contributed by atoms with Crippen molar-refractivity contribution in [3.05, 3.63) is 53.6 Å². The van der Waals surface area contributed by atoms with Crippen molar-refractivity contribution < 1.29 is 58.4 Å². The summed E-state index contributed by atoms with van der Waals surface area (Å²) in [5.74, 6) is -1.09. The molecule has 1 aliphatic heterocycles. The highest BCUT2D eigenvalue weighted by Crippen LogP contribution is 2.38. The summed E-state index contributed by atoms with van der Waals surface area (Å²) in [7, 11) is 4.20. The first-order chi connectivity index (χ1) is 17.7. The molecule has 4 N–H and O–H groups in total. The molecule has 0 aromatic heterocycles. The van der Waals surface area contributed by atoms with Crippen LogP contribution in [0, 0.1) is 0 Å². The minimum atomic E-state index is -1.69. The van der Waals surface area contributed by atoms with Crippen LogP contribution in [0.25, 0.3) is 6.08 Å². The first-order valence-electron chi connectivity index (χ1n) is 11.0. The summed E-state index contributed by atoms with van der Waals surface area (Å²) in [4.78, 5) is 23.6. The largest absolute Gasteiger partial charge is 0.493 e. The van der Waals surface area contributed by atoms with E-state index in [0.717, 1.165) is 6.08 Å². The second-order valence-electron chi connectivity index (χ2n) is 7.85. The highest BCUT2D eigenvalue weighted by molar-refractivity contribution is 5.91. The number of para-hydroxylation sites is 1. The van der Waals surface area contributed by atoms with Crippen LogP contribution in [0.1, 0.15) is 15.9 Å². The first kappa shape index (κ1) is 27.7. The van der Waals surface area contributed by atoms with Crippen LogP contribution >= 0.6 is 0 Å². The molecule has 3 rings (SSSR count). The number of carboxylic acids is 1. The Balaban J connectivity index is 1.74. The van der Waals surface area contributed by atoms with E-state index in [-0.39, 0.29) is 28.6 Å². The fourth-order valence-corrected chi connectivity index (χ4v) is 3.60. The molecule has 1 aliphatic rings. The SMILES string of the molecule is COc1cc(C(=O)OCC2OC(Oc3ccccc3C=CC(=O)O)C(O)C(O)C2O)cc(OC)c1OC. The predicted octanol–water partition coefficient (Wildman–Crippen LogP) is 0.854. The van der Waals surface area contributed by atoms with Gasteiger partial charge in [-0.25, -0.2) is 9.59 Å². The van der Waals surface area contributed by atoms with E-state index in [1.165, 1.54) is 45.6 Å². The predicted molar refractivity (Wildman–Crippen MR) is 127 cm³/mol. The van der Waals surface area contributed by atoms with Crippen LogP contribution in [0.5, 0.6) is 23.0 Å². The zero-order valence-corrected chi connectivity index (χ0v) is 20.3. The van der Waals surface area contributed by atoms with Crippen LogP contribution in [0.2, 0.25) is 0 Å². The monoisotopic (exact) mass is 520 g/mol. The van der Waals surface area contributed by atoms with Crippen LogP contribution in [0.4, 0.5) is 0 Å². The van der Waals surface area contributed by atoms with Crippen molar-refractivity contribution in [3.63, 3.8) is 0 Å². The van der Waals surface area contributed by atoms with Gasteiger partial charge in [0, 0.05) is 11.6 Å². The zero-order valence-electron chi connectivity index (χ0n) is 20.3. The van der Waals surface area contributed by atoms with Gasteiger partial charge in [-0.3, -0.25) is 0 Å². The van der Waals surface area contributed by atoms with Crippen molar-refractivity contribution in [3.8, 4) is 23.0 Å². The lowest BCUT2D eigenvalue weighted by Gasteiger charge is -2.40. The third-order valence-corrected chi connectivity index (χ3v) is 5.52. The maximum Gasteiger partial charge on any atom is 0.338 e. The fourth-order valence-electron chi connectivity index (χ4n) is 3.60. The molecule has 37 heavy (non-hydrogen) atoms. The Labute approximate surface area is 212 Å². The van der Waals surface area contributed by atoms with Crippen LogP contribution in [0.15, 0.2) is 42.5 Å². The molecular weight excluding hydrogens is 492 g/mol. The molecule has 12 heteroatoms. The summed E-state index contributed by atoms with van der Waals surface area (Å²) < 4.78 is 32.2. The lowest BCUT2D eigenvalue weighted by atomic mass is 9.99. The number of carbonyl (C=O) groups is 2. The lowest BCUT2D eigenvalue weighted by molar-refractivity contribution is -0.277. The summed E-state index contributed by atoms with van der Waals surface area (Å²) in [5.41, 5.74) is 0.430. The van der Waals surface area contributed by atoms with Gasteiger partial charge >= 0.3 is 11.9 Å². The number of rotatable bonds is 10. The van der Waals surface area contributed by atoms with E-state index < -0.39 is 49.3 Å². The minimum absolute atomic E-state index is 0.0623. The van der Waals surface area contributed by atoms with Crippen LogP contribution in [0.3, 0.4) is 0 Å². The molecule has 0 bridgehead atoms. The lowest BCUT2D eigenvalue weighted by Crippen LogP contribution is -2.60. The smallest absolute Gasteiger partial charge is 0.338 e. The van der Waals surface area contributed by atoms with Crippen molar-refractivity contribution in [2.45, 2.75) is 30.7 Å². The maximum absolute atomic E-state index is 12.7. The molecule has 5 atom stereocenters. The van der Waals surface area contributed by atoms with Gasteiger partial charge in [-0.1, -0.05) is 18.2 Å². The number of methoxy groups -OCH3 is 3. The van der Waals surface area contributed by atoms with Crippen LogP contribution < -0.4 is 18.9 Å².